The van der Waals surface area contributed by atoms with Crippen molar-refractivity contribution in [1.82, 2.24) is 5.32 Å². The Morgan fingerprint density at radius 2 is 1.74 bits per heavy atom. The van der Waals surface area contributed by atoms with Gasteiger partial charge in [-0.2, -0.15) is 0 Å². The molecular weight excluding hydrogens is 523 g/mol. The number of amides is 1. The second-order valence-electron chi connectivity index (χ2n) is 8.77. The van der Waals surface area contributed by atoms with Crippen LogP contribution in [0.4, 0.5) is 13.2 Å². The number of aliphatic carboxylic acids is 1. The van der Waals surface area contributed by atoms with E-state index in [0.717, 1.165) is 16.8 Å². The molecule has 0 aliphatic rings. The van der Waals surface area contributed by atoms with Crippen LogP contribution in [0.3, 0.4) is 0 Å². The summed E-state index contributed by atoms with van der Waals surface area (Å²) in [6.07, 6.45) is -4.03. The van der Waals surface area contributed by atoms with Crippen molar-refractivity contribution < 1.29 is 42.4 Å². The first kappa shape index (κ1) is 29.0. The summed E-state index contributed by atoms with van der Waals surface area (Å²) in [5.74, 6) is -2.21. The molecule has 1 aromatic heterocycles. The standard InChI is InChI=1S/C27H28F3NO6S/c1-4-26(35,5-2)14-16(3)22(25(33)34)31-24(32)20-10-11-21-19(12-13-38-21)23(20)36-15-17-6-8-18(9-7-17)37-27(28,29)30/h6-13,22,35H,3-5,14-15H2,1-2H3,(H,31,32)(H,33,34)/t22-/m0/s1. The second kappa shape index (κ2) is 11.9. The molecule has 204 valence electrons. The van der Waals surface area contributed by atoms with Crippen molar-refractivity contribution in [3.8, 4) is 11.5 Å². The van der Waals surface area contributed by atoms with Gasteiger partial charge in [-0.15, -0.1) is 24.5 Å². The number of carbonyl (C=O) groups is 2. The van der Waals surface area contributed by atoms with Crippen molar-refractivity contribution in [2.45, 2.75) is 57.7 Å². The number of carboxylic acids is 1. The van der Waals surface area contributed by atoms with Gasteiger partial charge in [-0.05, 0) is 66.1 Å². The van der Waals surface area contributed by atoms with Gasteiger partial charge in [0.05, 0.1) is 11.2 Å². The van der Waals surface area contributed by atoms with Gasteiger partial charge in [0.15, 0.2) is 0 Å². The Kier molecular flexibility index (Phi) is 9.05. The molecule has 11 heteroatoms. The minimum absolute atomic E-state index is 0.00177. The summed E-state index contributed by atoms with van der Waals surface area (Å²) >= 11 is 1.42. The molecule has 2 aromatic carbocycles. The Labute approximate surface area is 221 Å². The van der Waals surface area contributed by atoms with Gasteiger partial charge in [-0.3, -0.25) is 4.79 Å². The van der Waals surface area contributed by atoms with Gasteiger partial charge < -0.3 is 25.0 Å². The third kappa shape index (κ3) is 7.26. The van der Waals surface area contributed by atoms with E-state index < -0.39 is 29.9 Å². The third-order valence-electron chi connectivity index (χ3n) is 6.17. The van der Waals surface area contributed by atoms with E-state index in [-0.39, 0.29) is 35.7 Å². The summed E-state index contributed by atoms with van der Waals surface area (Å²) in [7, 11) is 0. The fourth-order valence-electron chi connectivity index (χ4n) is 3.87. The zero-order valence-corrected chi connectivity index (χ0v) is 21.6. The van der Waals surface area contributed by atoms with Crippen LogP contribution >= 0.6 is 11.3 Å². The average molecular weight is 552 g/mol. The number of nitrogens with one attached hydrogen (secondary N) is 1. The molecule has 0 aliphatic heterocycles. The number of benzene rings is 2. The number of hydrogen-bond donors (Lipinski definition) is 3. The number of halogens is 3. The zero-order valence-electron chi connectivity index (χ0n) is 20.8. The highest BCUT2D eigenvalue weighted by Crippen LogP contribution is 2.34. The van der Waals surface area contributed by atoms with Crippen LogP contribution in [0.5, 0.6) is 11.5 Å². The van der Waals surface area contributed by atoms with E-state index in [2.05, 4.69) is 16.6 Å². The van der Waals surface area contributed by atoms with Crippen LogP contribution in [0.15, 0.2) is 60.0 Å². The Morgan fingerprint density at radius 3 is 2.32 bits per heavy atom. The highest BCUT2D eigenvalue weighted by molar-refractivity contribution is 7.17. The van der Waals surface area contributed by atoms with Gasteiger partial charge in [0.1, 0.15) is 24.1 Å². The maximum absolute atomic E-state index is 13.3. The molecule has 0 radical (unpaired) electrons. The topological polar surface area (TPSA) is 105 Å². The maximum Gasteiger partial charge on any atom is 0.573 e. The van der Waals surface area contributed by atoms with E-state index in [1.165, 1.54) is 29.5 Å². The first-order valence-electron chi connectivity index (χ1n) is 11.8. The summed E-state index contributed by atoms with van der Waals surface area (Å²) in [4.78, 5) is 25.3. The van der Waals surface area contributed by atoms with Crippen LogP contribution in [0, 0.1) is 0 Å². The lowest BCUT2D eigenvalue weighted by molar-refractivity contribution is -0.274. The van der Waals surface area contributed by atoms with Crippen LogP contribution in [0.2, 0.25) is 0 Å². The molecule has 0 fully saturated rings. The normalized spacial score (nSPS) is 12.7. The SMILES string of the molecule is C=C(CC(O)(CC)CC)[C@H](NC(=O)c1ccc2sccc2c1OCc1ccc(OC(F)(F)F)cc1)C(=O)O. The predicted molar refractivity (Wildman–Crippen MR) is 137 cm³/mol. The van der Waals surface area contributed by atoms with Crippen LogP contribution in [-0.2, 0) is 11.4 Å². The van der Waals surface area contributed by atoms with Crippen molar-refractivity contribution in [2.24, 2.45) is 0 Å². The minimum Gasteiger partial charge on any atom is -0.487 e. The van der Waals surface area contributed by atoms with Gasteiger partial charge in [-0.25, -0.2) is 4.79 Å². The predicted octanol–water partition coefficient (Wildman–Crippen LogP) is 6.06. The van der Waals surface area contributed by atoms with E-state index in [1.807, 2.05) is 0 Å². The first-order chi connectivity index (χ1) is 17.9. The number of thiophene rings is 1. The molecule has 0 unspecified atom stereocenters. The lowest BCUT2D eigenvalue weighted by Gasteiger charge is -2.28. The van der Waals surface area contributed by atoms with E-state index >= 15 is 0 Å². The summed E-state index contributed by atoms with van der Waals surface area (Å²) < 4.78 is 47.9. The molecule has 3 rings (SSSR count). The Morgan fingerprint density at radius 1 is 1.08 bits per heavy atom. The van der Waals surface area contributed by atoms with Crippen molar-refractivity contribution in [3.63, 3.8) is 0 Å². The lowest BCUT2D eigenvalue weighted by atomic mass is 9.87. The van der Waals surface area contributed by atoms with Crippen molar-refractivity contribution in [2.75, 3.05) is 0 Å². The lowest BCUT2D eigenvalue weighted by Crippen LogP contribution is -2.44. The Balaban J connectivity index is 1.83. The number of ether oxygens (including phenoxy) is 2. The number of rotatable bonds is 12. The third-order valence-corrected chi connectivity index (χ3v) is 7.06. The smallest absolute Gasteiger partial charge is 0.487 e. The molecule has 1 atom stereocenters. The van der Waals surface area contributed by atoms with Gasteiger partial charge >= 0.3 is 12.3 Å². The van der Waals surface area contributed by atoms with Crippen LogP contribution in [0.25, 0.3) is 10.1 Å². The molecule has 7 nitrogen and oxygen atoms in total. The minimum atomic E-state index is -4.81. The molecule has 3 aromatic rings. The van der Waals surface area contributed by atoms with Gasteiger partial charge in [0.25, 0.3) is 5.91 Å². The maximum atomic E-state index is 13.3. The fourth-order valence-corrected chi connectivity index (χ4v) is 4.65. The number of fused-ring (bicyclic) bond motifs is 1. The highest BCUT2D eigenvalue weighted by atomic mass is 32.1. The van der Waals surface area contributed by atoms with E-state index in [4.69, 9.17) is 4.74 Å². The van der Waals surface area contributed by atoms with Crippen molar-refractivity contribution in [1.29, 1.82) is 0 Å². The monoisotopic (exact) mass is 551 g/mol. The number of carboxylic acid groups (broad SMARTS) is 1. The van der Waals surface area contributed by atoms with Crippen LogP contribution in [0.1, 0.15) is 49.0 Å². The Bertz CT molecular complexity index is 1300. The quantitative estimate of drug-likeness (QED) is 0.237. The molecular formula is C27H28F3NO6S. The number of hydrogen-bond acceptors (Lipinski definition) is 6. The van der Waals surface area contributed by atoms with Crippen molar-refractivity contribution >= 4 is 33.3 Å². The van der Waals surface area contributed by atoms with Crippen LogP contribution in [-0.4, -0.2) is 40.1 Å². The Hall–Kier alpha value is -3.57. The molecule has 3 N–H and O–H groups in total. The van der Waals surface area contributed by atoms with Gasteiger partial charge in [-0.1, -0.05) is 32.6 Å². The number of alkyl halides is 3. The summed E-state index contributed by atoms with van der Waals surface area (Å²) in [6, 6.07) is 8.65. The molecule has 0 spiro atoms. The van der Waals surface area contributed by atoms with Gasteiger partial charge in [0.2, 0.25) is 0 Å². The average Bonchev–Trinajstić information content (AvgIpc) is 3.34. The molecule has 0 bridgehead atoms. The largest absolute Gasteiger partial charge is 0.573 e. The van der Waals surface area contributed by atoms with E-state index in [1.54, 1.807) is 31.4 Å². The second-order valence-corrected chi connectivity index (χ2v) is 9.71. The molecule has 38 heavy (non-hydrogen) atoms. The summed E-state index contributed by atoms with van der Waals surface area (Å²) in [6.45, 7) is 7.29. The van der Waals surface area contributed by atoms with Gasteiger partial charge in [0, 0.05) is 10.1 Å². The molecule has 1 heterocycles. The summed E-state index contributed by atoms with van der Waals surface area (Å²) in [5, 5.41) is 25.3. The highest BCUT2D eigenvalue weighted by Gasteiger charge is 2.32. The molecule has 0 saturated carbocycles. The summed E-state index contributed by atoms with van der Waals surface area (Å²) in [5.41, 5.74) is -0.390. The first-order valence-corrected chi connectivity index (χ1v) is 12.6. The fraction of sp³-hybridized carbons (Fsp3) is 0.333. The van der Waals surface area contributed by atoms with E-state index in [0.29, 0.717) is 23.8 Å². The van der Waals surface area contributed by atoms with Crippen molar-refractivity contribution in [3.05, 3.63) is 71.1 Å². The zero-order chi connectivity index (χ0) is 28.1. The number of carbonyl (C=O) groups excluding carboxylic acids is 1. The number of aliphatic hydroxyl groups is 1. The molecule has 1 amide bonds. The molecule has 0 saturated heterocycles. The molecule has 0 aliphatic carbocycles. The van der Waals surface area contributed by atoms with Crippen LogP contribution < -0.4 is 14.8 Å². The van der Waals surface area contributed by atoms with E-state index in [9.17, 15) is 33.0 Å².